The molecule has 118 valence electrons. The van der Waals surface area contributed by atoms with Crippen LogP contribution in [0.5, 0.6) is 5.75 Å². The van der Waals surface area contributed by atoms with Gasteiger partial charge in [-0.25, -0.2) is 0 Å². The summed E-state index contributed by atoms with van der Waals surface area (Å²) in [6.45, 7) is 10.2. The molecule has 22 heavy (non-hydrogen) atoms. The lowest BCUT2D eigenvalue weighted by atomic mass is 9.97. The molecule has 0 saturated carbocycles. The van der Waals surface area contributed by atoms with Crippen molar-refractivity contribution < 1.29 is 4.74 Å². The Labute approximate surface area is 134 Å². The minimum atomic E-state index is 0.706. The maximum absolute atomic E-state index is 5.67. The normalized spacial score (nSPS) is 10.5. The van der Waals surface area contributed by atoms with E-state index in [2.05, 4.69) is 62.5 Å². The first kappa shape index (κ1) is 16.4. The topological polar surface area (TPSA) is 21.3 Å². The minimum Gasteiger partial charge on any atom is -0.494 e. The Morgan fingerprint density at radius 2 is 1.68 bits per heavy atom. The summed E-state index contributed by atoms with van der Waals surface area (Å²) in [5, 5.41) is 3.46. The first-order valence-electron chi connectivity index (χ1n) is 8.24. The van der Waals surface area contributed by atoms with Crippen LogP contribution in [0, 0.1) is 13.8 Å². The molecule has 0 spiro atoms. The van der Waals surface area contributed by atoms with Crippen LogP contribution in [-0.4, -0.2) is 13.2 Å². The van der Waals surface area contributed by atoms with Gasteiger partial charge in [0.25, 0.3) is 0 Å². The molecule has 0 fully saturated rings. The van der Waals surface area contributed by atoms with Gasteiger partial charge in [0.2, 0.25) is 0 Å². The Balaban J connectivity index is 2.19. The molecule has 0 saturated heterocycles. The van der Waals surface area contributed by atoms with Crippen LogP contribution in [0.1, 0.15) is 37.8 Å². The fourth-order valence-electron chi connectivity index (χ4n) is 2.59. The van der Waals surface area contributed by atoms with Crippen molar-refractivity contribution in [2.45, 2.75) is 40.5 Å². The van der Waals surface area contributed by atoms with Crippen molar-refractivity contribution in [3.63, 3.8) is 0 Å². The zero-order valence-electron chi connectivity index (χ0n) is 14.2. The van der Waals surface area contributed by atoms with E-state index in [1.165, 1.54) is 40.8 Å². The predicted octanol–water partition coefficient (Wildman–Crippen LogP) is 5.58. The highest BCUT2D eigenvalue weighted by Gasteiger charge is 2.07. The number of rotatable bonds is 7. The second-order valence-corrected chi connectivity index (χ2v) is 5.72. The number of ether oxygens (including phenoxy) is 1. The summed E-state index contributed by atoms with van der Waals surface area (Å²) in [4.78, 5) is 0. The van der Waals surface area contributed by atoms with E-state index in [1.807, 2.05) is 6.92 Å². The van der Waals surface area contributed by atoms with Crippen LogP contribution in [0.3, 0.4) is 0 Å². The van der Waals surface area contributed by atoms with Gasteiger partial charge in [0.05, 0.1) is 6.61 Å². The number of anilines is 1. The fraction of sp³-hybridized carbons (Fsp3) is 0.400. The van der Waals surface area contributed by atoms with Gasteiger partial charge in [-0.1, -0.05) is 25.5 Å². The van der Waals surface area contributed by atoms with Gasteiger partial charge < -0.3 is 10.1 Å². The second kappa shape index (κ2) is 7.88. The van der Waals surface area contributed by atoms with Crippen molar-refractivity contribution in [3.8, 4) is 16.9 Å². The van der Waals surface area contributed by atoms with E-state index in [9.17, 15) is 0 Å². The number of benzene rings is 2. The average Bonchev–Trinajstić information content (AvgIpc) is 2.52. The Hall–Kier alpha value is -1.96. The lowest BCUT2D eigenvalue weighted by Crippen LogP contribution is -2.00. The van der Waals surface area contributed by atoms with Gasteiger partial charge in [-0.2, -0.15) is 0 Å². The van der Waals surface area contributed by atoms with Gasteiger partial charge in [0.1, 0.15) is 5.75 Å². The molecule has 2 nitrogen and oxygen atoms in total. The summed E-state index contributed by atoms with van der Waals surface area (Å²) in [6.07, 6.45) is 2.43. The van der Waals surface area contributed by atoms with E-state index < -0.39 is 0 Å². The molecule has 0 heterocycles. The lowest BCUT2D eigenvalue weighted by Gasteiger charge is -2.13. The smallest absolute Gasteiger partial charge is 0.122 e. The van der Waals surface area contributed by atoms with Crippen LogP contribution >= 0.6 is 0 Å². The van der Waals surface area contributed by atoms with Crippen molar-refractivity contribution in [1.82, 2.24) is 0 Å². The van der Waals surface area contributed by atoms with Crippen LogP contribution in [0.15, 0.2) is 36.4 Å². The third kappa shape index (κ3) is 4.03. The molecular weight excluding hydrogens is 270 g/mol. The molecule has 0 aromatic heterocycles. The summed E-state index contributed by atoms with van der Waals surface area (Å²) in [5.41, 5.74) is 6.16. The zero-order chi connectivity index (χ0) is 15.9. The number of unbranched alkanes of at least 4 members (excludes halogenated alkanes) is 1. The number of nitrogens with one attached hydrogen (secondary N) is 1. The molecule has 2 rings (SSSR count). The number of hydrogen-bond acceptors (Lipinski definition) is 2. The molecule has 0 aliphatic carbocycles. The standard InChI is InChI=1S/C20H27NO/c1-5-7-12-21-18-10-8-17(9-11-18)19-13-16(4)20(22-6-2)14-15(19)3/h8-11,13-14,21H,5-7,12H2,1-4H3. The molecular formula is C20H27NO. The third-order valence-electron chi connectivity index (χ3n) is 3.88. The Bertz CT molecular complexity index is 602. The third-order valence-corrected chi connectivity index (χ3v) is 3.88. The molecule has 2 aromatic rings. The van der Waals surface area contributed by atoms with Crippen molar-refractivity contribution in [2.24, 2.45) is 0 Å². The van der Waals surface area contributed by atoms with E-state index >= 15 is 0 Å². The van der Waals surface area contributed by atoms with Gasteiger partial charge in [-0.3, -0.25) is 0 Å². The highest BCUT2D eigenvalue weighted by Crippen LogP contribution is 2.30. The van der Waals surface area contributed by atoms with Crippen molar-refractivity contribution >= 4 is 5.69 Å². The monoisotopic (exact) mass is 297 g/mol. The van der Waals surface area contributed by atoms with Gasteiger partial charge >= 0.3 is 0 Å². The number of aryl methyl sites for hydroxylation is 2. The molecule has 2 aromatic carbocycles. The first-order valence-corrected chi connectivity index (χ1v) is 8.24. The van der Waals surface area contributed by atoms with Gasteiger partial charge in [0.15, 0.2) is 0 Å². The summed E-state index contributed by atoms with van der Waals surface area (Å²) in [5.74, 6) is 0.988. The van der Waals surface area contributed by atoms with Crippen LogP contribution < -0.4 is 10.1 Å². The SMILES string of the molecule is CCCCNc1ccc(-c2cc(C)c(OCC)cc2C)cc1. The summed E-state index contributed by atoms with van der Waals surface area (Å²) in [6, 6.07) is 13.1. The summed E-state index contributed by atoms with van der Waals surface area (Å²) in [7, 11) is 0. The fourth-order valence-corrected chi connectivity index (χ4v) is 2.59. The molecule has 0 amide bonds. The number of hydrogen-bond donors (Lipinski definition) is 1. The molecule has 2 heteroatoms. The molecule has 0 unspecified atom stereocenters. The first-order chi connectivity index (χ1) is 10.7. The minimum absolute atomic E-state index is 0.706. The molecule has 0 radical (unpaired) electrons. The Kier molecular flexibility index (Phi) is 5.88. The van der Waals surface area contributed by atoms with Gasteiger partial charge in [-0.05, 0) is 73.7 Å². The van der Waals surface area contributed by atoms with Gasteiger partial charge in [0, 0.05) is 12.2 Å². The molecule has 1 N–H and O–H groups in total. The van der Waals surface area contributed by atoms with Crippen molar-refractivity contribution in [2.75, 3.05) is 18.5 Å². The van der Waals surface area contributed by atoms with E-state index in [1.54, 1.807) is 0 Å². The summed E-state index contributed by atoms with van der Waals surface area (Å²) >= 11 is 0. The molecule has 0 bridgehead atoms. The van der Waals surface area contributed by atoms with Crippen LogP contribution in [-0.2, 0) is 0 Å². The highest BCUT2D eigenvalue weighted by atomic mass is 16.5. The second-order valence-electron chi connectivity index (χ2n) is 5.72. The van der Waals surface area contributed by atoms with E-state index in [-0.39, 0.29) is 0 Å². The zero-order valence-corrected chi connectivity index (χ0v) is 14.2. The van der Waals surface area contributed by atoms with Crippen LogP contribution in [0.2, 0.25) is 0 Å². The summed E-state index contributed by atoms with van der Waals surface area (Å²) < 4.78 is 5.67. The maximum atomic E-state index is 5.67. The predicted molar refractivity (Wildman–Crippen MR) is 95.9 cm³/mol. The van der Waals surface area contributed by atoms with E-state index in [0.29, 0.717) is 6.61 Å². The Morgan fingerprint density at radius 1 is 0.955 bits per heavy atom. The quantitative estimate of drug-likeness (QED) is 0.673. The lowest BCUT2D eigenvalue weighted by molar-refractivity contribution is 0.337. The molecule has 0 atom stereocenters. The maximum Gasteiger partial charge on any atom is 0.122 e. The van der Waals surface area contributed by atoms with Crippen molar-refractivity contribution in [3.05, 3.63) is 47.5 Å². The van der Waals surface area contributed by atoms with Crippen LogP contribution in [0.4, 0.5) is 5.69 Å². The van der Waals surface area contributed by atoms with Crippen LogP contribution in [0.25, 0.3) is 11.1 Å². The Morgan fingerprint density at radius 3 is 2.32 bits per heavy atom. The molecule has 0 aliphatic heterocycles. The van der Waals surface area contributed by atoms with Crippen molar-refractivity contribution in [1.29, 1.82) is 0 Å². The largest absolute Gasteiger partial charge is 0.494 e. The average molecular weight is 297 g/mol. The van der Waals surface area contributed by atoms with Gasteiger partial charge in [-0.15, -0.1) is 0 Å². The highest BCUT2D eigenvalue weighted by molar-refractivity contribution is 5.71. The van der Waals surface area contributed by atoms with E-state index in [4.69, 9.17) is 4.74 Å². The molecule has 0 aliphatic rings. The van der Waals surface area contributed by atoms with E-state index in [0.717, 1.165) is 12.3 Å².